The fourth-order valence-electron chi connectivity index (χ4n) is 2.72. The van der Waals surface area contributed by atoms with E-state index >= 15 is 0 Å². The van der Waals surface area contributed by atoms with Crippen molar-refractivity contribution < 1.29 is 18.0 Å². The van der Waals surface area contributed by atoms with Crippen molar-refractivity contribution in [2.75, 3.05) is 34.7 Å². The van der Waals surface area contributed by atoms with Crippen molar-refractivity contribution in [3.63, 3.8) is 0 Å². The Kier molecular flexibility index (Phi) is 6.78. The normalized spacial score (nSPS) is 11.8. The number of rotatable bonds is 8. The van der Waals surface area contributed by atoms with Gasteiger partial charge in [0, 0.05) is 47.6 Å². The predicted octanol–water partition coefficient (Wildman–Crippen LogP) is 0.444. The third-order valence-electron chi connectivity index (χ3n) is 4.40. The van der Waals surface area contributed by atoms with Crippen LogP contribution in [0.15, 0.2) is 23.1 Å². The van der Waals surface area contributed by atoms with Crippen LogP contribution in [0, 0.1) is 0 Å². The van der Waals surface area contributed by atoms with Gasteiger partial charge in [-0.2, -0.15) is 0 Å². The number of carbonyl (C=O) groups excluding carboxylic acids is 2. The average Bonchev–Trinajstić information content (AvgIpc) is 3.00. The van der Waals surface area contributed by atoms with Gasteiger partial charge in [0.05, 0.1) is 22.5 Å². The summed E-state index contributed by atoms with van der Waals surface area (Å²) in [6.45, 7) is 2.57. The monoisotopic (exact) mass is 409 g/mol. The molecule has 1 heterocycles. The molecule has 0 aliphatic carbocycles. The van der Waals surface area contributed by atoms with Crippen molar-refractivity contribution >= 4 is 32.9 Å². The molecule has 0 unspecified atom stereocenters. The van der Waals surface area contributed by atoms with Gasteiger partial charge in [0.1, 0.15) is 5.82 Å². The lowest BCUT2D eigenvalue weighted by Crippen LogP contribution is -2.36. The first-order valence-electron chi connectivity index (χ1n) is 8.96. The molecule has 10 heteroatoms. The van der Waals surface area contributed by atoms with Crippen LogP contribution >= 0.6 is 0 Å². The molecule has 28 heavy (non-hydrogen) atoms. The molecule has 2 rings (SSSR count). The number of nitrogens with zero attached hydrogens (tertiary/aromatic N) is 4. The summed E-state index contributed by atoms with van der Waals surface area (Å²) in [6, 6.07) is 4.85. The molecule has 9 nitrogen and oxygen atoms in total. The molecule has 0 radical (unpaired) electrons. The van der Waals surface area contributed by atoms with E-state index in [1.54, 1.807) is 32.3 Å². The summed E-state index contributed by atoms with van der Waals surface area (Å²) in [5, 5.41) is 2.59. The number of aryl methyl sites for hydroxylation is 2. The minimum atomic E-state index is -3.54. The Morgan fingerprint density at radius 2 is 1.86 bits per heavy atom. The number of amides is 2. The summed E-state index contributed by atoms with van der Waals surface area (Å²) in [5.41, 5.74) is 1.39. The SMILES string of the molecule is CCn1c(CCC(=O)NCC(=O)N(C)C)nc2cc(S(=O)(=O)N(C)C)ccc21. The average molecular weight is 410 g/mol. The molecular formula is C18H27N5O4S. The number of hydrogen-bond acceptors (Lipinski definition) is 5. The summed E-state index contributed by atoms with van der Waals surface area (Å²) in [4.78, 5) is 29.7. The third kappa shape index (κ3) is 4.68. The fraction of sp³-hybridized carbons (Fsp3) is 0.500. The number of imidazole rings is 1. The van der Waals surface area contributed by atoms with Crippen LogP contribution in [-0.4, -0.2) is 73.7 Å². The smallest absolute Gasteiger partial charge is 0.242 e. The first kappa shape index (κ1) is 21.8. The highest BCUT2D eigenvalue weighted by atomic mass is 32.2. The maximum absolute atomic E-state index is 12.3. The van der Waals surface area contributed by atoms with Crippen molar-refractivity contribution in [3.8, 4) is 0 Å². The molecule has 1 aromatic heterocycles. The van der Waals surface area contributed by atoms with Gasteiger partial charge in [0.15, 0.2) is 0 Å². The number of aromatic nitrogens is 2. The van der Waals surface area contributed by atoms with E-state index in [-0.39, 0.29) is 29.7 Å². The molecule has 0 saturated carbocycles. The quantitative estimate of drug-likeness (QED) is 0.681. The number of benzene rings is 1. The first-order chi connectivity index (χ1) is 13.1. The van der Waals surface area contributed by atoms with Gasteiger partial charge < -0.3 is 14.8 Å². The third-order valence-corrected chi connectivity index (χ3v) is 6.22. The molecule has 0 aliphatic rings. The van der Waals surface area contributed by atoms with Crippen LogP contribution in [0.5, 0.6) is 0 Å². The van der Waals surface area contributed by atoms with Gasteiger partial charge in [0.2, 0.25) is 21.8 Å². The molecule has 0 saturated heterocycles. The predicted molar refractivity (Wildman–Crippen MR) is 106 cm³/mol. The Bertz CT molecular complexity index is 979. The first-order valence-corrected chi connectivity index (χ1v) is 10.4. The van der Waals surface area contributed by atoms with E-state index in [9.17, 15) is 18.0 Å². The Balaban J connectivity index is 2.19. The van der Waals surface area contributed by atoms with Gasteiger partial charge in [-0.15, -0.1) is 0 Å². The van der Waals surface area contributed by atoms with E-state index in [0.29, 0.717) is 24.3 Å². The zero-order valence-electron chi connectivity index (χ0n) is 16.9. The van der Waals surface area contributed by atoms with Crippen LogP contribution in [0.2, 0.25) is 0 Å². The van der Waals surface area contributed by atoms with E-state index in [1.165, 1.54) is 19.0 Å². The molecule has 0 spiro atoms. The second-order valence-electron chi connectivity index (χ2n) is 6.78. The maximum atomic E-state index is 12.3. The molecule has 0 bridgehead atoms. The lowest BCUT2D eigenvalue weighted by Gasteiger charge is -2.11. The summed E-state index contributed by atoms with van der Waals surface area (Å²) < 4.78 is 27.8. The number of likely N-dealkylation sites (N-methyl/N-ethyl adjacent to an activating group) is 1. The summed E-state index contributed by atoms with van der Waals surface area (Å²) in [7, 11) is 2.68. The molecule has 0 atom stereocenters. The highest BCUT2D eigenvalue weighted by Crippen LogP contribution is 2.22. The number of sulfonamides is 1. The number of fused-ring (bicyclic) bond motifs is 1. The molecule has 1 aromatic carbocycles. The van der Waals surface area contributed by atoms with Gasteiger partial charge in [-0.05, 0) is 25.1 Å². The van der Waals surface area contributed by atoms with Crippen molar-refractivity contribution in [2.24, 2.45) is 0 Å². The number of hydrogen-bond donors (Lipinski definition) is 1. The summed E-state index contributed by atoms with van der Waals surface area (Å²) in [6.07, 6.45) is 0.577. The largest absolute Gasteiger partial charge is 0.347 e. The summed E-state index contributed by atoms with van der Waals surface area (Å²) >= 11 is 0. The van der Waals surface area contributed by atoms with E-state index in [2.05, 4.69) is 10.3 Å². The molecular weight excluding hydrogens is 382 g/mol. The van der Waals surface area contributed by atoms with Crippen LogP contribution in [0.4, 0.5) is 0 Å². The van der Waals surface area contributed by atoms with Crippen molar-refractivity contribution in [3.05, 3.63) is 24.0 Å². The summed E-state index contributed by atoms with van der Waals surface area (Å²) in [5.74, 6) is 0.288. The Morgan fingerprint density at radius 1 is 1.18 bits per heavy atom. The van der Waals surface area contributed by atoms with Gasteiger partial charge in [-0.1, -0.05) is 0 Å². The highest BCUT2D eigenvalue weighted by molar-refractivity contribution is 7.89. The molecule has 0 fully saturated rings. The number of carbonyl (C=O) groups is 2. The maximum Gasteiger partial charge on any atom is 0.242 e. The zero-order chi connectivity index (χ0) is 21.1. The lowest BCUT2D eigenvalue weighted by atomic mass is 10.2. The van der Waals surface area contributed by atoms with Crippen molar-refractivity contribution in [1.29, 1.82) is 0 Å². The van der Waals surface area contributed by atoms with Crippen molar-refractivity contribution in [1.82, 2.24) is 24.1 Å². The van der Waals surface area contributed by atoms with E-state index in [4.69, 9.17) is 0 Å². The molecule has 0 aliphatic heterocycles. The van der Waals surface area contributed by atoms with Crippen LogP contribution in [-0.2, 0) is 32.6 Å². The van der Waals surface area contributed by atoms with Crippen LogP contribution in [0.1, 0.15) is 19.2 Å². The van der Waals surface area contributed by atoms with E-state index in [1.807, 2.05) is 11.5 Å². The Hall–Kier alpha value is -2.46. The Morgan fingerprint density at radius 3 is 2.43 bits per heavy atom. The van der Waals surface area contributed by atoms with Crippen LogP contribution < -0.4 is 5.32 Å². The second-order valence-corrected chi connectivity index (χ2v) is 8.93. The topological polar surface area (TPSA) is 105 Å². The lowest BCUT2D eigenvalue weighted by molar-refractivity contribution is -0.130. The van der Waals surface area contributed by atoms with Crippen LogP contribution in [0.25, 0.3) is 11.0 Å². The standard InChI is InChI=1S/C18H27N5O4S/c1-6-23-15-8-7-13(28(26,27)22(4)5)11-14(15)20-16(23)9-10-17(24)19-12-18(25)21(2)3/h7-8,11H,6,9-10,12H2,1-5H3,(H,19,24). The Labute approximate surface area is 165 Å². The zero-order valence-corrected chi connectivity index (χ0v) is 17.7. The minimum absolute atomic E-state index is 0.0399. The van der Waals surface area contributed by atoms with Crippen molar-refractivity contribution in [2.45, 2.75) is 31.2 Å². The molecule has 1 N–H and O–H groups in total. The van der Waals surface area contributed by atoms with Crippen LogP contribution in [0.3, 0.4) is 0 Å². The van der Waals surface area contributed by atoms with Gasteiger partial charge >= 0.3 is 0 Å². The van der Waals surface area contributed by atoms with Gasteiger partial charge in [-0.25, -0.2) is 17.7 Å². The van der Waals surface area contributed by atoms with Gasteiger partial charge in [0.25, 0.3) is 0 Å². The molecule has 2 aromatic rings. The minimum Gasteiger partial charge on any atom is -0.347 e. The fourth-order valence-corrected chi connectivity index (χ4v) is 3.64. The van der Waals surface area contributed by atoms with E-state index < -0.39 is 10.0 Å². The molecule has 154 valence electrons. The molecule has 2 amide bonds. The van der Waals surface area contributed by atoms with Gasteiger partial charge in [-0.3, -0.25) is 9.59 Å². The van der Waals surface area contributed by atoms with E-state index in [0.717, 1.165) is 9.82 Å². The highest BCUT2D eigenvalue weighted by Gasteiger charge is 2.19. The second kappa shape index (κ2) is 8.70. The number of nitrogens with one attached hydrogen (secondary N) is 1.